The fourth-order valence-corrected chi connectivity index (χ4v) is 6.89. The van der Waals surface area contributed by atoms with Crippen LogP contribution in [0.2, 0.25) is 5.02 Å². The number of amides is 3. The highest BCUT2D eigenvalue weighted by Gasteiger charge is 2.34. The molecule has 1 aromatic carbocycles. The predicted octanol–water partition coefficient (Wildman–Crippen LogP) is 5.36. The summed E-state index contributed by atoms with van der Waals surface area (Å²) in [6, 6.07) is 5.71. The number of halogens is 1. The van der Waals surface area contributed by atoms with Crippen LogP contribution in [0, 0.1) is 5.92 Å². The quantitative estimate of drug-likeness (QED) is 0.418. The van der Waals surface area contributed by atoms with Gasteiger partial charge in [0.15, 0.2) is 6.61 Å². The summed E-state index contributed by atoms with van der Waals surface area (Å²) in [7, 11) is 0. The number of morpholine rings is 1. The number of hydrogen-bond donors (Lipinski definition) is 1. The van der Waals surface area contributed by atoms with Gasteiger partial charge < -0.3 is 29.5 Å². The number of hydrogen-bond acceptors (Lipinski definition) is 6. The third-order valence-corrected chi connectivity index (χ3v) is 9.43. The Morgan fingerprint density at radius 1 is 1.07 bits per heavy atom. The lowest BCUT2D eigenvalue weighted by Crippen LogP contribution is -2.51. The van der Waals surface area contributed by atoms with Gasteiger partial charge >= 0.3 is 6.09 Å². The van der Waals surface area contributed by atoms with Gasteiger partial charge in [-0.2, -0.15) is 0 Å². The maximum Gasteiger partial charge on any atom is 0.410 e. The first-order valence-electron chi connectivity index (χ1n) is 16.1. The van der Waals surface area contributed by atoms with E-state index in [9.17, 15) is 14.4 Å². The van der Waals surface area contributed by atoms with Crippen LogP contribution in [-0.4, -0.2) is 96.7 Å². The van der Waals surface area contributed by atoms with Crippen LogP contribution >= 0.6 is 11.6 Å². The lowest BCUT2D eigenvalue weighted by Gasteiger charge is -2.40. The number of rotatable bonds is 8. The number of likely N-dealkylation sites (tertiary alicyclic amines) is 2. The Balaban J connectivity index is 1.07. The fourth-order valence-electron chi connectivity index (χ4n) is 6.72. The van der Waals surface area contributed by atoms with E-state index in [2.05, 4.69) is 16.3 Å². The number of piperidine rings is 2. The molecule has 9 nitrogen and oxygen atoms in total. The van der Waals surface area contributed by atoms with Gasteiger partial charge in [0.05, 0.1) is 6.04 Å². The van der Waals surface area contributed by atoms with Crippen LogP contribution in [0.15, 0.2) is 42.2 Å². The average Bonchev–Trinajstić information content (AvgIpc) is 3.00. The van der Waals surface area contributed by atoms with Gasteiger partial charge in [0.1, 0.15) is 11.4 Å². The van der Waals surface area contributed by atoms with E-state index >= 15 is 0 Å². The number of carbonyl (C=O) groups excluding carboxylic acids is 3. The second-order valence-corrected chi connectivity index (χ2v) is 13.9. The van der Waals surface area contributed by atoms with Crippen LogP contribution in [0.5, 0.6) is 0 Å². The van der Waals surface area contributed by atoms with Crippen LogP contribution in [0.25, 0.3) is 0 Å². The van der Waals surface area contributed by atoms with Crippen molar-refractivity contribution in [3.63, 3.8) is 0 Å². The first kappa shape index (κ1) is 32.4. The number of benzene rings is 1. The first-order chi connectivity index (χ1) is 21.1. The van der Waals surface area contributed by atoms with Crippen LogP contribution in [0.3, 0.4) is 0 Å². The standard InChI is InChI=1S/C34H47ClN4O5/c1-34(2,3)44-33(42)38-18-11-24(12-19-38)10-15-36-32(41)28-22-26(35)8-9-27(28)25-13-16-37(17-14-25)20-21-39-29-6-4-5-7-30(29)43-23-31(39)40/h4-5,7-9,22,24-25,29H,6,10-21,23H2,1-3H3,(H,36,41). The van der Waals surface area contributed by atoms with Crippen molar-refractivity contribution in [2.75, 3.05) is 52.4 Å². The Bertz CT molecular complexity index is 1260. The van der Waals surface area contributed by atoms with E-state index in [1.165, 1.54) is 0 Å². The van der Waals surface area contributed by atoms with Crippen molar-refractivity contribution in [2.24, 2.45) is 5.92 Å². The number of nitrogens with one attached hydrogen (secondary N) is 1. The van der Waals surface area contributed by atoms with Crippen LogP contribution < -0.4 is 5.32 Å². The molecule has 3 heterocycles. The maximum absolute atomic E-state index is 13.4. The van der Waals surface area contributed by atoms with Crippen molar-refractivity contribution >= 4 is 29.5 Å². The number of ether oxygens (including phenoxy) is 2. The van der Waals surface area contributed by atoms with Crippen LogP contribution in [-0.2, 0) is 14.3 Å². The molecule has 1 aliphatic carbocycles. The highest BCUT2D eigenvalue weighted by molar-refractivity contribution is 6.31. The molecule has 1 atom stereocenters. The summed E-state index contributed by atoms with van der Waals surface area (Å²) >= 11 is 6.35. The summed E-state index contributed by atoms with van der Waals surface area (Å²) in [6.45, 7) is 11.1. The second kappa shape index (κ2) is 14.4. The molecule has 10 heteroatoms. The van der Waals surface area contributed by atoms with E-state index in [4.69, 9.17) is 21.1 Å². The minimum Gasteiger partial charge on any atom is -0.486 e. The number of nitrogens with zero attached hydrogens (tertiary/aromatic N) is 3. The zero-order valence-electron chi connectivity index (χ0n) is 26.4. The Morgan fingerprint density at radius 3 is 2.55 bits per heavy atom. The summed E-state index contributed by atoms with van der Waals surface area (Å²) in [5.41, 5.74) is 1.23. The van der Waals surface area contributed by atoms with Crippen molar-refractivity contribution in [2.45, 2.75) is 76.9 Å². The summed E-state index contributed by atoms with van der Waals surface area (Å²) in [4.78, 5) is 44.5. The SMILES string of the molecule is CC(C)(C)OC(=O)N1CCC(CCNC(=O)c2cc(Cl)ccc2C2CCN(CCN3C(=O)COC4=CC=CCC43)CC2)CC1. The van der Waals surface area contributed by atoms with Crippen molar-refractivity contribution in [1.29, 1.82) is 0 Å². The van der Waals surface area contributed by atoms with Gasteiger partial charge in [-0.3, -0.25) is 9.59 Å². The van der Waals surface area contributed by atoms with E-state index in [1.54, 1.807) is 11.0 Å². The van der Waals surface area contributed by atoms with E-state index in [0.29, 0.717) is 42.7 Å². The van der Waals surface area contributed by atoms with Crippen LogP contribution in [0.4, 0.5) is 4.79 Å². The monoisotopic (exact) mass is 626 g/mol. The lowest BCUT2D eigenvalue weighted by molar-refractivity contribution is -0.143. The van der Waals surface area contributed by atoms with Gasteiger partial charge in [0, 0.05) is 43.3 Å². The number of allylic oxidation sites excluding steroid dienone is 2. The van der Waals surface area contributed by atoms with Gasteiger partial charge in [0.25, 0.3) is 11.8 Å². The molecule has 3 amide bonds. The normalized spacial score (nSPS) is 21.9. The van der Waals surface area contributed by atoms with Crippen molar-refractivity contribution in [1.82, 2.24) is 20.0 Å². The maximum atomic E-state index is 13.4. The molecule has 3 fully saturated rings. The third kappa shape index (κ3) is 8.36. The molecule has 1 aromatic rings. The largest absolute Gasteiger partial charge is 0.486 e. The zero-order valence-corrected chi connectivity index (χ0v) is 27.1. The highest BCUT2D eigenvalue weighted by atomic mass is 35.5. The average molecular weight is 627 g/mol. The zero-order chi connectivity index (χ0) is 31.3. The van der Waals surface area contributed by atoms with Crippen LogP contribution in [0.1, 0.15) is 81.1 Å². The van der Waals surface area contributed by atoms with Gasteiger partial charge in [-0.25, -0.2) is 4.79 Å². The summed E-state index contributed by atoms with van der Waals surface area (Å²) in [6.07, 6.45) is 11.2. The minimum atomic E-state index is -0.492. The van der Waals surface area contributed by atoms with Gasteiger partial charge in [0.2, 0.25) is 0 Å². The fraction of sp³-hybridized carbons (Fsp3) is 0.618. The molecule has 0 saturated carbocycles. The Kier molecular flexibility index (Phi) is 10.6. The van der Waals surface area contributed by atoms with Crippen molar-refractivity contribution in [3.8, 4) is 0 Å². The molecule has 3 saturated heterocycles. The van der Waals surface area contributed by atoms with E-state index in [-0.39, 0.29) is 36.5 Å². The van der Waals surface area contributed by atoms with Gasteiger partial charge in [-0.15, -0.1) is 0 Å². The second-order valence-electron chi connectivity index (χ2n) is 13.4. The topological polar surface area (TPSA) is 91.4 Å². The molecule has 0 bridgehead atoms. The summed E-state index contributed by atoms with van der Waals surface area (Å²) in [5, 5.41) is 3.70. The van der Waals surface area contributed by atoms with E-state index in [1.807, 2.05) is 50.0 Å². The van der Waals surface area contributed by atoms with Gasteiger partial charge in [-0.05, 0) is 108 Å². The van der Waals surface area contributed by atoms with E-state index < -0.39 is 5.60 Å². The van der Waals surface area contributed by atoms with Crippen molar-refractivity contribution < 1.29 is 23.9 Å². The molecule has 1 unspecified atom stereocenters. The molecule has 240 valence electrons. The molecule has 3 aliphatic heterocycles. The molecule has 5 rings (SSSR count). The Hall–Kier alpha value is -3.04. The molecule has 0 radical (unpaired) electrons. The first-order valence-corrected chi connectivity index (χ1v) is 16.5. The van der Waals surface area contributed by atoms with Crippen molar-refractivity contribution in [3.05, 3.63) is 58.3 Å². The molecular weight excluding hydrogens is 580 g/mol. The molecule has 0 spiro atoms. The molecular formula is C34H47ClN4O5. The molecule has 1 N–H and O–H groups in total. The minimum absolute atomic E-state index is 0.0129. The predicted molar refractivity (Wildman–Crippen MR) is 171 cm³/mol. The van der Waals surface area contributed by atoms with E-state index in [0.717, 1.165) is 69.5 Å². The third-order valence-electron chi connectivity index (χ3n) is 9.19. The molecule has 44 heavy (non-hydrogen) atoms. The smallest absolute Gasteiger partial charge is 0.410 e. The molecule has 4 aliphatic rings. The summed E-state index contributed by atoms with van der Waals surface area (Å²) in [5.74, 6) is 1.61. The van der Waals surface area contributed by atoms with Gasteiger partial charge in [-0.1, -0.05) is 29.8 Å². The lowest BCUT2D eigenvalue weighted by atomic mass is 9.86. The summed E-state index contributed by atoms with van der Waals surface area (Å²) < 4.78 is 11.1. The Labute approximate surface area is 266 Å². The highest BCUT2D eigenvalue weighted by Crippen LogP contribution is 2.32. The molecule has 0 aromatic heterocycles. The number of fused-ring (bicyclic) bond motifs is 1. The number of carbonyl (C=O) groups is 3. The Morgan fingerprint density at radius 2 is 1.82 bits per heavy atom.